The molecule has 0 bridgehead atoms. The predicted molar refractivity (Wildman–Crippen MR) is 111 cm³/mol. The first-order chi connectivity index (χ1) is 12.9. The number of aliphatic carboxylic acids is 3. The summed E-state index contributed by atoms with van der Waals surface area (Å²) in [6.45, 7) is 2.25. The maximum atomic E-state index is 10.3. The average Bonchev–Trinajstić information content (AvgIpc) is 2.59. The molecule has 0 atom stereocenters. The number of carbonyl (C=O) groups is 3. The van der Waals surface area contributed by atoms with E-state index in [2.05, 4.69) is 6.92 Å². The summed E-state index contributed by atoms with van der Waals surface area (Å²) in [6, 6.07) is 0. The third-order valence-corrected chi connectivity index (χ3v) is 4.90. The van der Waals surface area contributed by atoms with Crippen molar-refractivity contribution >= 4 is 29.7 Å². The van der Waals surface area contributed by atoms with Crippen LogP contribution in [0.4, 0.5) is 0 Å². The first-order valence-corrected chi connectivity index (χ1v) is 11.3. The number of rotatable bonds is 18. The van der Waals surface area contributed by atoms with Gasteiger partial charge in [-0.3, -0.25) is 14.4 Å². The van der Waals surface area contributed by atoms with Gasteiger partial charge in [0, 0.05) is 17.9 Å². The van der Waals surface area contributed by atoms with Gasteiger partial charge in [0.25, 0.3) is 0 Å². The second-order valence-electron chi connectivity index (χ2n) is 6.58. The van der Waals surface area contributed by atoms with E-state index in [0.29, 0.717) is 17.9 Å². The van der Waals surface area contributed by atoms with E-state index in [1.165, 1.54) is 69.5 Å². The Morgan fingerprint density at radius 1 is 0.556 bits per heavy atom. The van der Waals surface area contributed by atoms with E-state index >= 15 is 0 Å². The second-order valence-corrected chi connectivity index (χ2v) is 7.80. The molecule has 0 fully saturated rings. The summed E-state index contributed by atoms with van der Waals surface area (Å²) in [6.07, 6.45) is 14.6. The van der Waals surface area contributed by atoms with Crippen molar-refractivity contribution in [1.82, 2.24) is 0 Å². The van der Waals surface area contributed by atoms with Crippen molar-refractivity contribution in [2.75, 3.05) is 11.5 Å². The number of unbranched alkanes of at least 4 members (excludes halogenated alkanes) is 10. The zero-order chi connectivity index (χ0) is 20.8. The number of carboxylic acids is 3. The summed E-state index contributed by atoms with van der Waals surface area (Å²) >= 11 is 1.35. The second kappa shape index (κ2) is 22.8. The van der Waals surface area contributed by atoms with Gasteiger partial charge in [0.15, 0.2) is 0 Å². The number of hydrogen-bond acceptors (Lipinski definition) is 4. The van der Waals surface area contributed by atoms with Gasteiger partial charge in [0.05, 0.1) is 12.8 Å². The normalized spacial score (nSPS) is 10.1. The molecule has 3 N–H and O–H groups in total. The molecule has 0 amide bonds. The Kier molecular flexibility index (Phi) is 23.6. The van der Waals surface area contributed by atoms with Gasteiger partial charge in [0.1, 0.15) is 0 Å². The summed E-state index contributed by atoms with van der Waals surface area (Å²) in [5.74, 6) is -1.36. The molecule has 160 valence electrons. The van der Waals surface area contributed by atoms with E-state index in [4.69, 9.17) is 15.3 Å². The van der Waals surface area contributed by atoms with Crippen LogP contribution in [0.1, 0.15) is 96.8 Å². The highest BCUT2D eigenvalue weighted by atomic mass is 32.2. The van der Waals surface area contributed by atoms with Crippen LogP contribution in [-0.2, 0) is 14.4 Å². The minimum absolute atomic E-state index is 0.101. The largest absolute Gasteiger partial charge is 0.481 e. The van der Waals surface area contributed by atoms with Crippen LogP contribution in [0.2, 0.25) is 0 Å². The summed E-state index contributed by atoms with van der Waals surface area (Å²) in [5.41, 5.74) is 0. The van der Waals surface area contributed by atoms with Crippen LogP contribution in [0.25, 0.3) is 0 Å². The minimum atomic E-state index is -0.840. The van der Waals surface area contributed by atoms with Gasteiger partial charge in [-0.25, -0.2) is 0 Å². The number of carboxylic acid groups (broad SMARTS) is 3. The van der Waals surface area contributed by atoms with Crippen LogP contribution in [0, 0.1) is 0 Å². The van der Waals surface area contributed by atoms with Crippen LogP contribution in [0.5, 0.6) is 0 Å². The lowest BCUT2D eigenvalue weighted by Gasteiger charge is -2.01. The van der Waals surface area contributed by atoms with E-state index in [-0.39, 0.29) is 12.8 Å². The summed E-state index contributed by atoms with van der Waals surface area (Å²) < 4.78 is 0. The SMILES string of the molecule is CCCCCCCCCCCCCC(=O)O.O=C(O)CCSCCC(=O)O. The van der Waals surface area contributed by atoms with E-state index in [9.17, 15) is 14.4 Å². The highest BCUT2D eigenvalue weighted by molar-refractivity contribution is 7.99. The molecule has 0 aromatic heterocycles. The van der Waals surface area contributed by atoms with Gasteiger partial charge in [-0.2, -0.15) is 11.8 Å². The van der Waals surface area contributed by atoms with Crippen molar-refractivity contribution < 1.29 is 29.7 Å². The fourth-order valence-electron chi connectivity index (χ4n) is 2.36. The molecule has 0 unspecified atom stereocenters. The Morgan fingerprint density at radius 3 is 1.22 bits per heavy atom. The Hall–Kier alpha value is -1.24. The Morgan fingerprint density at radius 2 is 0.889 bits per heavy atom. The van der Waals surface area contributed by atoms with Crippen molar-refractivity contribution in [3.8, 4) is 0 Å². The summed E-state index contributed by atoms with van der Waals surface area (Å²) in [5, 5.41) is 24.8. The zero-order valence-corrected chi connectivity index (χ0v) is 17.6. The molecule has 0 rings (SSSR count). The molecule has 0 aliphatic rings. The van der Waals surface area contributed by atoms with Gasteiger partial charge in [0.2, 0.25) is 0 Å². The number of thioether (sulfide) groups is 1. The quantitative estimate of drug-likeness (QED) is 0.260. The molecule has 27 heavy (non-hydrogen) atoms. The monoisotopic (exact) mass is 406 g/mol. The molecule has 7 heteroatoms. The Bertz CT molecular complexity index is 357. The van der Waals surface area contributed by atoms with Crippen molar-refractivity contribution in [2.45, 2.75) is 96.8 Å². The summed E-state index contributed by atoms with van der Waals surface area (Å²) in [7, 11) is 0. The first kappa shape index (κ1) is 28.0. The van der Waals surface area contributed by atoms with E-state index in [1.54, 1.807) is 0 Å². The van der Waals surface area contributed by atoms with E-state index in [1.807, 2.05) is 0 Å². The summed E-state index contributed by atoms with van der Waals surface area (Å²) in [4.78, 5) is 30.2. The maximum Gasteiger partial charge on any atom is 0.304 e. The van der Waals surface area contributed by atoms with Gasteiger partial charge >= 0.3 is 17.9 Å². The van der Waals surface area contributed by atoms with Crippen molar-refractivity contribution in [2.24, 2.45) is 0 Å². The highest BCUT2D eigenvalue weighted by Gasteiger charge is 1.99. The van der Waals surface area contributed by atoms with Crippen molar-refractivity contribution in [3.05, 3.63) is 0 Å². The van der Waals surface area contributed by atoms with Crippen LogP contribution >= 0.6 is 11.8 Å². The lowest BCUT2D eigenvalue weighted by atomic mass is 10.1. The topological polar surface area (TPSA) is 112 Å². The van der Waals surface area contributed by atoms with Crippen LogP contribution < -0.4 is 0 Å². The molecule has 0 heterocycles. The van der Waals surface area contributed by atoms with Gasteiger partial charge in [-0.15, -0.1) is 0 Å². The minimum Gasteiger partial charge on any atom is -0.481 e. The molecule has 0 aliphatic carbocycles. The molecular formula is C20H38O6S. The molecule has 0 aromatic rings. The highest BCUT2D eigenvalue weighted by Crippen LogP contribution is 2.11. The molecular weight excluding hydrogens is 368 g/mol. The van der Waals surface area contributed by atoms with Crippen LogP contribution in [0.15, 0.2) is 0 Å². The van der Waals surface area contributed by atoms with E-state index in [0.717, 1.165) is 12.8 Å². The van der Waals surface area contributed by atoms with Gasteiger partial charge in [-0.1, -0.05) is 71.1 Å². The smallest absolute Gasteiger partial charge is 0.304 e. The third kappa shape index (κ3) is 32.8. The van der Waals surface area contributed by atoms with E-state index < -0.39 is 17.9 Å². The van der Waals surface area contributed by atoms with Gasteiger partial charge < -0.3 is 15.3 Å². The molecule has 0 aliphatic heterocycles. The molecule has 6 nitrogen and oxygen atoms in total. The Labute approximate surface area is 168 Å². The fourth-order valence-corrected chi connectivity index (χ4v) is 3.20. The number of hydrogen-bond donors (Lipinski definition) is 3. The first-order valence-electron chi connectivity index (χ1n) is 10.1. The zero-order valence-electron chi connectivity index (χ0n) is 16.8. The maximum absolute atomic E-state index is 10.3. The van der Waals surface area contributed by atoms with Gasteiger partial charge in [-0.05, 0) is 6.42 Å². The molecule has 0 aromatic carbocycles. The lowest BCUT2D eigenvalue weighted by Crippen LogP contribution is -1.99. The molecule has 0 saturated carbocycles. The fraction of sp³-hybridized carbons (Fsp3) is 0.850. The molecule has 0 spiro atoms. The van der Waals surface area contributed by atoms with Crippen molar-refractivity contribution in [3.63, 3.8) is 0 Å². The Balaban J connectivity index is 0. The standard InChI is InChI=1S/C14H28O2.C6H10O4S/c1-2-3-4-5-6-7-8-9-10-11-12-13-14(15)16;7-5(8)1-3-11-4-2-6(9)10/h2-13H2,1H3,(H,15,16);1-4H2,(H,7,8)(H,9,10). The van der Waals surface area contributed by atoms with Crippen LogP contribution in [-0.4, -0.2) is 44.7 Å². The molecule has 0 radical (unpaired) electrons. The predicted octanol–water partition coefficient (Wildman–Crippen LogP) is 5.44. The lowest BCUT2D eigenvalue weighted by molar-refractivity contribution is -0.138. The molecule has 0 saturated heterocycles. The van der Waals surface area contributed by atoms with Crippen LogP contribution in [0.3, 0.4) is 0 Å². The van der Waals surface area contributed by atoms with Crippen molar-refractivity contribution in [1.29, 1.82) is 0 Å². The average molecular weight is 407 g/mol. The third-order valence-electron chi connectivity index (χ3n) is 3.91.